The fourth-order valence-corrected chi connectivity index (χ4v) is 4.37. The summed E-state index contributed by atoms with van der Waals surface area (Å²) in [4.78, 5) is 0. The molecule has 0 nitrogen and oxygen atoms in total. The van der Waals surface area contributed by atoms with E-state index in [-0.39, 0.29) is 5.38 Å². The molecular formula is C19H28Cl2. The van der Waals surface area contributed by atoms with Crippen LogP contribution in [0.25, 0.3) is 0 Å². The van der Waals surface area contributed by atoms with Gasteiger partial charge in [-0.1, -0.05) is 38.4 Å². The van der Waals surface area contributed by atoms with Crippen molar-refractivity contribution in [2.24, 2.45) is 17.3 Å². The van der Waals surface area contributed by atoms with Gasteiger partial charge in [0.1, 0.15) is 0 Å². The average Bonchev–Trinajstić information content (AvgIpc) is 2.41. The van der Waals surface area contributed by atoms with Crippen LogP contribution in [-0.2, 0) is 0 Å². The van der Waals surface area contributed by atoms with Gasteiger partial charge in [0.15, 0.2) is 0 Å². The van der Waals surface area contributed by atoms with E-state index in [1.165, 1.54) is 36.8 Å². The van der Waals surface area contributed by atoms with E-state index in [2.05, 4.69) is 46.8 Å². The SMILES string of the molecule is Cc1cc(Cl)c(C(Cl)C2CCC(C(C)(C)C)CC2)cc1C. The summed E-state index contributed by atoms with van der Waals surface area (Å²) in [5, 5.41) is 0.883. The molecule has 0 aromatic heterocycles. The van der Waals surface area contributed by atoms with Gasteiger partial charge < -0.3 is 0 Å². The zero-order valence-corrected chi connectivity index (χ0v) is 15.5. The molecule has 2 rings (SSSR count). The Labute approximate surface area is 140 Å². The van der Waals surface area contributed by atoms with E-state index < -0.39 is 0 Å². The maximum atomic E-state index is 6.79. The van der Waals surface area contributed by atoms with E-state index in [9.17, 15) is 0 Å². The van der Waals surface area contributed by atoms with Crippen LogP contribution in [0.1, 0.15) is 68.5 Å². The van der Waals surface area contributed by atoms with E-state index in [1.807, 2.05) is 0 Å². The molecule has 1 saturated carbocycles. The fourth-order valence-electron chi connectivity index (χ4n) is 3.55. The summed E-state index contributed by atoms with van der Waals surface area (Å²) < 4.78 is 0. The molecule has 21 heavy (non-hydrogen) atoms. The lowest BCUT2D eigenvalue weighted by Gasteiger charge is -2.38. The Balaban J connectivity index is 2.09. The Morgan fingerprint density at radius 1 is 1.00 bits per heavy atom. The van der Waals surface area contributed by atoms with Crippen LogP contribution in [0.3, 0.4) is 0 Å². The van der Waals surface area contributed by atoms with Gasteiger partial charge in [-0.15, -0.1) is 11.6 Å². The lowest BCUT2D eigenvalue weighted by molar-refractivity contribution is 0.148. The topological polar surface area (TPSA) is 0 Å². The lowest BCUT2D eigenvalue weighted by Crippen LogP contribution is -2.27. The number of hydrogen-bond donors (Lipinski definition) is 0. The standard InChI is InChI=1S/C19H28Cl2/c1-12-10-16(17(20)11-13(12)2)18(21)14-6-8-15(9-7-14)19(3,4)5/h10-11,14-15,18H,6-9H2,1-5H3. The third-order valence-corrected chi connectivity index (χ3v) is 6.24. The first-order valence-electron chi connectivity index (χ1n) is 8.11. The molecule has 0 heterocycles. The Bertz CT molecular complexity index is 491. The molecule has 0 bridgehead atoms. The van der Waals surface area contributed by atoms with Crippen LogP contribution in [-0.4, -0.2) is 0 Å². The van der Waals surface area contributed by atoms with Gasteiger partial charge in [0.2, 0.25) is 0 Å². The number of alkyl halides is 1. The van der Waals surface area contributed by atoms with Crippen molar-refractivity contribution in [3.63, 3.8) is 0 Å². The van der Waals surface area contributed by atoms with Gasteiger partial charge in [0, 0.05) is 5.02 Å². The molecule has 0 amide bonds. The Morgan fingerprint density at radius 3 is 2.05 bits per heavy atom. The first-order chi connectivity index (χ1) is 9.70. The summed E-state index contributed by atoms with van der Waals surface area (Å²) in [7, 11) is 0. The summed E-state index contributed by atoms with van der Waals surface area (Å²) in [5.74, 6) is 1.39. The van der Waals surface area contributed by atoms with Crippen molar-refractivity contribution in [2.45, 2.75) is 65.7 Å². The molecule has 1 atom stereocenters. The highest BCUT2D eigenvalue weighted by Gasteiger charge is 2.33. The predicted molar refractivity (Wildman–Crippen MR) is 94.4 cm³/mol. The first-order valence-corrected chi connectivity index (χ1v) is 8.92. The van der Waals surface area contributed by atoms with Gasteiger partial charge in [-0.25, -0.2) is 0 Å². The van der Waals surface area contributed by atoms with Gasteiger partial charge in [-0.2, -0.15) is 0 Å². The van der Waals surface area contributed by atoms with E-state index in [0.29, 0.717) is 11.3 Å². The summed E-state index contributed by atoms with van der Waals surface area (Å²) in [6.45, 7) is 11.3. The zero-order valence-electron chi connectivity index (χ0n) is 14.0. The van der Waals surface area contributed by atoms with Crippen LogP contribution in [0.2, 0.25) is 5.02 Å². The summed E-state index contributed by atoms with van der Waals surface area (Å²) in [5.41, 5.74) is 4.07. The van der Waals surface area contributed by atoms with Crippen molar-refractivity contribution in [3.8, 4) is 0 Å². The second-order valence-corrected chi connectivity index (χ2v) is 8.71. The first kappa shape index (κ1) is 17.2. The van der Waals surface area contributed by atoms with Crippen molar-refractivity contribution in [1.29, 1.82) is 0 Å². The normalized spacial score (nSPS) is 24.9. The molecule has 1 aliphatic carbocycles. The Hall–Kier alpha value is -0.200. The number of aryl methyl sites for hydroxylation is 2. The van der Waals surface area contributed by atoms with E-state index >= 15 is 0 Å². The summed E-state index contributed by atoms with van der Waals surface area (Å²) in [6, 6.07) is 4.24. The smallest absolute Gasteiger partial charge is 0.0628 e. The number of rotatable bonds is 2. The largest absolute Gasteiger partial charge is 0.117 e. The molecule has 1 aliphatic rings. The Morgan fingerprint density at radius 2 is 1.52 bits per heavy atom. The number of hydrogen-bond acceptors (Lipinski definition) is 0. The molecule has 1 unspecified atom stereocenters. The van der Waals surface area contributed by atoms with Crippen LogP contribution in [0.4, 0.5) is 0 Å². The maximum absolute atomic E-state index is 6.79. The maximum Gasteiger partial charge on any atom is 0.0628 e. The number of halogens is 2. The van der Waals surface area contributed by atoms with E-state index in [0.717, 1.165) is 16.5 Å². The third-order valence-electron chi connectivity index (χ3n) is 5.32. The van der Waals surface area contributed by atoms with Gasteiger partial charge in [0.25, 0.3) is 0 Å². The van der Waals surface area contributed by atoms with E-state index in [1.54, 1.807) is 0 Å². The lowest BCUT2D eigenvalue weighted by atomic mass is 9.69. The molecule has 0 spiro atoms. The fraction of sp³-hybridized carbons (Fsp3) is 0.684. The molecular weight excluding hydrogens is 299 g/mol. The van der Waals surface area contributed by atoms with Crippen molar-refractivity contribution in [2.75, 3.05) is 0 Å². The van der Waals surface area contributed by atoms with Gasteiger partial charge in [-0.05, 0) is 79.5 Å². The van der Waals surface area contributed by atoms with E-state index in [4.69, 9.17) is 23.2 Å². The molecule has 1 fully saturated rings. The third kappa shape index (κ3) is 3.96. The molecule has 0 N–H and O–H groups in total. The minimum atomic E-state index is 0.0534. The molecule has 0 aliphatic heterocycles. The molecule has 1 aromatic carbocycles. The van der Waals surface area contributed by atoms with Crippen LogP contribution in [0.15, 0.2) is 12.1 Å². The van der Waals surface area contributed by atoms with Gasteiger partial charge in [0.05, 0.1) is 5.38 Å². The predicted octanol–water partition coefficient (Wildman–Crippen LogP) is 7.09. The second kappa shape index (κ2) is 6.50. The van der Waals surface area contributed by atoms with Crippen molar-refractivity contribution >= 4 is 23.2 Å². The molecule has 0 radical (unpaired) electrons. The van der Waals surface area contributed by atoms with Gasteiger partial charge in [-0.3, -0.25) is 0 Å². The second-order valence-electron chi connectivity index (χ2n) is 7.84. The highest BCUT2D eigenvalue weighted by molar-refractivity contribution is 6.33. The number of benzene rings is 1. The minimum Gasteiger partial charge on any atom is -0.117 e. The Kier molecular flexibility index (Phi) is 5.31. The van der Waals surface area contributed by atoms with Crippen LogP contribution >= 0.6 is 23.2 Å². The van der Waals surface area contributed by atoms with Crippen LogP contribution < -0.4 is 0 Å². The van der Waals surface area contributed by atoms with Crippen molar-refractivity contribution in [3.05, 3.63) is 33.8 Å². The highest BCUT2D eigenvalue weighted by Crippen LogP contribution is 2.46. The molecule has 118 valence electrons. The van der Waals surface area contributed by atoms with Crippen LogP contribution in [0, 0.1) is 31.1 Å². The molecule has 0 saturated heterocycles. The minimum absolute atomic E-state index is 0.0534. The summed E-state index contributed by atoms with van der Waals surface area (Å²) >= 11 is 13.2. The van der Waals surface area contributed by atoms with Crippen LogP contribution in [0.5, 0.6) is 0 Å². The summed E-state index contributed by atoms with van der Waals surface area (Å²) in [6.07, 6.45) is 5.03. The molecule has 2 heteroatoms. The zero-order chi connectivity index (χ0) is 15.8. The molecule has 1 aromatic rings. The monoisotopic (exact) mass is 326 g/mol. The quantitative estimate of drug-likeness (QED) is 0.509. The van der Waals surface area contributed by atoms with Crippen molar-refractivity contribution in [1.82, 2.24) is 0 Å². The van der Waals surface area contributed by atoms with Gasteiger partial charge >= 0.3 is 0 Å². The average molecular weight is 327 g/mol. The highest BCUT2D eigenvalue weighted by atomic mass is 35.5. The van der Waals surface area contributed by atoms with Crippen molar-refractivity contribution < 1.29 is 0 Å².